The third kappa shape index (κ3) is 2.64. The van der Waals surface area contributed by atoms with Crippen LogP contribution in [0.4, 0.5) is 11.6 Å². The van der Waals surface area contributed by atoms with Gasteiger partial charge < -0.3 is 24.5 Å². The number of nitro groups is 1. The fraction of sp³-hybridized carbons (Fsp3) is 0.438. The van der Waals surface area contributed by atoms with Gasteiger partial charge in [-0.05, 0) is 40.9 Å². The Labute approximate surface area is 139 Å². The van der Waals surface area contributed by atoms with Crippen LogP contribution in [0.25, 0.3) is 0 Å². The van der Waals surface area contributed by atoms with Gasteiger partial charge in [-0.1, -0.05) is 0 Å². The van der Waals surface area contributed by atoms with Crippen LogP contribution in [0.1, 0.15) is 24.4 Å². The SMILES string of the molecule is COc1ccc(OC)c(C2CCCN2c2c([N+](=O)[O-])ncn2C)c1. The van der Waals surface area contributed by atoms with Gasteiger partial charge in [0.05, 0.1) is 20.3 Å². The molecule has 0 aliphatic carbocycles. The van der Waals surface area contributed by atoms with Crippen molar-refractivity contribution >= 4 is 11.6 Å². The van der Waals surface area contributed by atoms with Crippen molar-refractivity contribution in [1.29, 1.82) is 0 Å². The topological polar surface area (TPSA) is 82.7 Å². The van der Waals surface area contributed by atoms with E-state index < -0.39 is 4.92 Å². The van der Waals surface area contributed by atoms with Crippen molar-refractivity contribution in [2.75, 3.05) is 25.7 Å². The summed E-state index contributed by atoms with van der Waals surface area (Å²) in [6.45, 7) is 0.728. The lowest BCUT2D eigenvalue weighted by Crippen LogP contribution is -2.25. The Bertz CT molecular complexity index is 759. The Kier molecular flexibility index (Phi) is 4.28. The summed E-state index contributed by atoms with van der Waals surface area (Å²) in [6, 6.07) is 5.62. The molecule has 1 atom stereocenters. The maximum atomic E-state index is 11.3. The van der Waals surface area contributed by atoms with E-state index in [9.17, 15) is 10.1 Å². The summed E-state index contributed by atoms with van der Waals surface area (Å²) in [4.78, 5) is 16.8. The summed E-state index contributed by atoms with van der Waals surface area (Å²) in [6.07, 6.45) is 3.30. The lowest BCUT2D eigenvalue weighted by molar-refractivity contribution is -0.388. The minimum atomic E-state index is -0.437. The number of hydrogen-bond acceptors (Lipinski definition) is 6. The molecule has 2 aromatic rings. The van der Waals surface area contributed by atoms with Crippen molar-refractivity contribution < 1.29 is 14.4 Å². The highest BCUT2D eigenvalue weighted by atomic mass is 16.6. The number of hydrogen-bond donors (Lipinski definition) is 0. The Balaban J connectivity index is 2.06. The molecule has 1 aliphatic rings. The van der Waals surface area contributed by atoms with Crippen molar-refractivity contribution in [1.82, 2.24) is 9.55 Å². The highest BCUT2D eigenvalue weighted by molar-refractivity contribution is 5.58. The molecule has 8 nitrogen and oxygen atoms in total. The van der Waals surface area contributed by atoms with Crippen molar-refractivity contribution in [2.24, 2.45) is 7.05 Å². The molecule has 3 rings (SSSR count). The number of anilines is 1. The van der Waals surface area contributed by atoms with Crippen LogP contribution in [0, 0.1) is 10.1 Å². The third-order valence-corrected chi connectivity index (χ3v) is 4.38. The molecule has 128 valence electrons. The number of rotatable bonds is 5. The van der Waals surface area contributed by atoms with E-state index in [1.54, 1.807) is 25.8 Å². The van der Waals surface area contributed by atoms with E-state index in [4.69, 9.17) is 9.47 Å². The summed E-state index contributed by atoms with van der Waals surface area (Å²) in [5.74, 6) is 1.88. The number of ether oxygens (including phenoxy) is 2. The van der Waals surface area contributed by atoms with Gasteiger partial charge in [0, 0.05) is 19.2 Å². The molecule has 1 saturated heterocycles. The second kappa shape index (κ2) is 6.38. The summed E-state index contributed by atoms with van der Waals surface area (Å²) in [5, 5.41) is 11.3. The minimum Gasteiger partial charge on any atom is -0.497 e. The first-order valence-electron chi connectivity index (χ1n) is 7.71. The smallest absolute Gasteiger partial charge is 0.406 e. The number of aromatic nitrogens is 2. The quantitative estimate of drug-likeness (QED) is 0.618. The lowest BCUT2D eigenvalue weighted by Gasteiger charge is -2.27. The molecule has 0 spiro atoms. The molecule has 0 N–H and O–H groups in total. The molecule has 24 heavy (non-hydrogen) atoms. The molecular weight excluding hydrogens is 312 g/mol. The molecule has 0 amide bonds. The second-order valence-corrected chi connectivity index (χ2v) is 5.72. The normalized spacial score (nSPS) is 17.1. The zero-order valence-corrected chi connectivity index (χ0v) is 13.9. The fourth-order valence-corrected chi connectivity index (χ4v) is 3.31. The molecule has 0 bridgehead atoms. The Morgan fingerprint density at radius 2 is 2.12 bits per heavy atom. The summed E-state index contributed by atoms with van der Waals surface area (Å²) in [7, 11) is 5.01. The molecule has 1 fully saturated rings. The van der Waals surface area contributed by atoms with Crippen molar-refractivity contribution in [3.63, 3.8) is 0 Å². The summed E-state index contributed by atoms with van der Waals surface area (Å²) >= 11 is 0. The molecule has 8 heteroatoms. The predicted octanol–water partition coefficient (Wildman–Crippen LogP) is 2.69. The molecule has 1 aliphatic heterocycles. The van der Waals surface area contributed by atoms with Crippen LogP contribution in [-0.4, -0.2) is 35.2 Å². The van der Waals surface area contributed by atoms with E-state index in [1.807, 2.05) is 23.1 Å². The summed E-state index contributed by atoms with van der Waals surface area (Å²) < 4.78 is 12.5. The van der Waals surface area contributed by atoms with Crippen molar-refractivity contribution in [3.05, 3.63) is 40.2 Å². The maximum Gasteiger partial charge on any atom is 0.406 e. The van der Waals surface area contributed by atoms with Gasteiger partial charge in [-0.25, -0.2) is 0 Å². The number of nitrogens with zero attached hydrogens (tertiary/aromatic N) is 4. The van der Waals surface area contributed by atoms with E-state index in [0.29, 0.717) is 5.82 Å². The summed E-state index contributed by atoms with van der Waals surface area (Å²) in [5.41, 5.74) is 0.963. The molecule has 1 unspecified atom stereocenters. The van der Waals surface area contributed by atoms with E-state index in [0.717, 1.165) is 36.4 Å². The maximum absolute atomic E-state index is 11.3. The third-order valence-electron chi connectivity index (χ3n) is 4.38. The van der Waals surface area contributed by atoms with Crippen LogP contribution in [-0.2, 0) is 7.05 Å². The van der Waals surface area contributed by atoms with Crippen LogP contribution >= 0.6 is 0 Å². The lowest BCUT2D eigenvalue weighted by atomic mass is 10.0. The van der Waals surface area contributed by atoms with Gasteiger partial charge in [-0.2, -0.15) is 0 Å². The Morgan fingerprint density at radius 1 is 1.33 bits per heavy atom. The van der Waals surface area contributed by atoms with Crippen molar-refractivity contribution in [2.45, 2.75) is 18.9 Å². The van der Waals surface area contributed by atoms with Crippen molar-refractivity contribution in [3.8, 4) is 11.5 Å². The first-order valence-corrected chi connectivity index (χ1v) is 7.71. The Morgan fingerprint density at radius 3 is 2.79 bits per heavy atom. The van der Waals surface area contributed by atoms with Gasteiger partial charge in [0.1, 0.15) is 11.5 Å². The molecule has 2 heterocycles. The van der Waals surface area contributed by atoms with E-state index >= 15 is 0 Å². The zero-order valence-electron chi connectivity index (χ0n) is 13.9. The Hall–Kier alpha value is -2.77. The predicted molar refractivity (Wildman–Crippen MR) is 88.7 cm³/mol. The fourth-order valence-electron chi connectivity index (χ4n) is 3.31. The second-order valence-electron chi connectivity index (χ2n) is 5.72. The highest BCUT2D eigenvalue weighted by Crippen LogP contribution is 2.43. The van der Waals surface area contributed by atoms with Gasteiger partial charge in [-0.3, -0.25) is 4.57 Å². The van der Waals surface area contributed by atoms with Gasteiger partial charge in [0.15, 0.2) is 0 Å². The number of methoxy groups -OCH3 is 2. The monoisotopic (exact) mass is 332 g/mol. The largest absolute Gasteiger partial charge is 0.497 e. The van der Waals surface area contributed by atoms with E-state index in [1.165, 1.54) is 6.33 Å². The molecule has 1 aromatic carbocycles. The molecule has 0 radical (unpaired) electrons. The molecule has 1 aromatic heterocycles. The molecule has 0 saturated carbocycles. The van der Waals surface area contributed by atoms with Crippen LogP contribution in [0.3, 0.4) is 0 Å². The number of imidazole rings is 1. The molecular formula is C16H20N4O4. The van der Waals surface area contributed by atoms with Gasteiger partial charge in [0.25, 0.3) is 0 Å². The highest BCUT2D eigenvalue weighted by Gasteiger charge is 2.35. The van der Waals surface area contributed by atoms with E-state index in [-0.39, 0.29) is 11.9 Å². The minimum absolute atomic E-state index is 0.0239. The van der Waals surface area contributed by atoms with E-state index in [2.05, 4.69) is 4.98 Å². The van der Waals surface area contributed by atoms with Crippen LogP contribution in [0.15, 0.2) is 24.5 Å². The average molecular weight is 332 g/mol. The average Bonchev–Trinajstić information content (AvgIpc) is 3.20. The van der Waals surface area contributed by atoms with Crippen LogP contribution < -0.4 is 14.4 Å². The zero-order chi connectivity index (χ0) is 17.3. The first-order chi connectivity index (χ1) is 11.6. The van der Waals surface area contributed by atoms with Crippen LogP contribution in [0.2, 0.25) is 0 Å². The number of benzene rings is 1. The van der Waals surface area contributed by atoms with Gasteiger partial charge in [-0.15, -0.1) is 0 Å². The van der Waals surface area contributed by atoms with Crippen LogP contribution in [0.5, 0.6) is 11.5 Å². The standard InChI is InChI=1S/C16H20N4O4/c1-18-10-17-15(20(21)22)16(18)19-8-4-5-13(19)12-9-11(23-2)6-7-14(12)24-3/h6-7,9-10,13H,4-5,8H2,1-3H3. The first kappa shape index (κ1) is 16.1. The van der Waals surface area contributed by atoms with Gasteiger partial charge in [0.2, 0.25) is 12.1 Å². The van der Waals surface area contributed by atoms with Gasteiger partial charge >= 0.3 is 5.82 Å². The number of aryl methyl sites for hydroxylation is 1.